The summed E-state index contributed by atoms with van der Waals surface area (Å²) < 4.78 is 16.6. The smallest absolute Gasteiger partial charge is 0.162 e. The van der Waals surface area contributed by atoms with Gasteiger partial charge in [-0.2, -0.15) is 0 Å². The van der Waals surface area contributed by atoms with E-state index in [1.54, 1.807) is 0 Å². The molecule has 5 nitrogen and oxygen atoms in total. The number of hydrogen-bond donors (Lipinski definition) is 1. The first-order chi connectivity index (χ1) is 10.6. The molecule has 1 fully saturated rings. The van der Waals surface area contributed by atoms with Crippen molar-refractivity contribution in [1.29, 1.82) is 0 Å². The average molecular weight is 328 g/mol. The Bertz CT molecular complexity index is 531. The molecule has 22 heavy (non-hydrogen) atoms. The zero-order valence-corrected chi connectivity index (χ0v) is 13.6. The standard InChI is InChI=1S/C16H22ClNO4/c1-18(16(11-19)2-4-20-5-3-16)10-12-8-14-15(9-13(12)17)22-7-6-21-14/h8-9,19H,2-7,10-11H2,1H3. The summed E-state index contributed by atoms with van der Waals surface area (Å²) >= 11 is 6.38. The van der Waals surface area contributed by atoms with Gasteiger partial charge in [-0.15, -0.1) is 0 Å². The van der Waals surface area contributed by atoms with E-state index in [4.69, 9.17) is 25.8 Å². The van der Waals surface area contributed by atoms with Gasteiger partial charge >= 0.3 is 0 Å². The molecule has 122 valence electrons. The van der Waals surface area contributed by atoms with Crippen LogP contribution < -0.4 is 9.47 Å². The highest BCUT2D eigenvalue weighted by molar-refractivity contribution is 6.31. The van der Waals surface area contributed by atoms with Crippen LogP contribution in [-0.2, 0) is 11.3 Å². The van der Waals surface area contributed by atoms with Gasteiger partial charge in [-0.3, -0.25) is 4.90 Å². The fourth-order valence-corrected chi connectivity index (χ4v) is 3.28. The summed E-state index contributed by atoms with van der Waals surface area (Å²) in [5, 5.41) is 10.5. The van der Waals surface area contributed by atoms with Crippen molar-refractivity contribution >= 4 is 11.6 Å². The van der Waals surface area contributed by atoms with E-state index >= 15 is 0 Å². The van der Waals surface area contributed by atoms with Gasteiger partial charge in [-0.05, 0) is 31.5 Å². The Balaban J connectivity index is 1.79. The fourth-order valence-electron chi connectivity index (χ4n) is 3.06. The summed E-state index contributed by atoms with van der Waals surface area (Å²) in [6.07, 6.45) is 1.64. The lowest BCUT2D eigenvalue weighted by molar-refractivity contribution is -0.0493. The van der Waals surface area contributed by atoms with Crippen LogP contribution in [0, 0.1) is 0 Å². The van der Waals surface area contributed by atoms with Crippen LogP contribution in [0.1, 0.15) is 18.4 Å². The van der Waals surface area contributed by atoms with E-state index in [1.807, 2.05) is 19.2 Å². The van der Waals surface area contributed by atoms with Crippen molar-refractivity contribution in [3.63, 3.8) is 0 Å². The maximum atomic E-state index is 9.88. The Hall–Kier alpha value is -1.01. The summed E-state index contributed by atoms with van der Waals surface area (Å²) in [5.74, 6) is 1.44. The van der Waals surface area contributed by atoms with Crippen LogP contribution in [-0.4, -0.2) is 55.6 Å². The van der Waals surface area contributed by atoms with E-state index in [1.165, 1.54) is 0 Å². The first-order valence-corrected chi connectivity index (χ1v) is 8.00. The van der Waals surface area contributed by atoms with E-state index in [-0.39, 0.29) is 12.1 Å². The first kappa shape index (κ1) is 15.9. The molecule has 1 N–H and O–H groups in total. The molecule has 0 saturated carbocycles. The van der Waals surface area contributed by atoms with Gasteiger partial charge in [0.2, 0.25) is 0 Å². The molecule has 3 rings (SSSR count). The van der Waals surface area contributed by atoms with Gasteiger partial charge in [0, 0.05) is 36.4 Å². The largest absolute Gasteiger partial charge is 0.486 e. The minimum absolute atomic E-state index is 0.120. The SMILES string of the molecule is CN(Cc1cc2c(cc1Cl)OCCO2)C1(CO)CCOCC1. The molecule has 0 bridgehead atoms. The molecular weight excluding hydrogens is 306 g/mol. The van der Waals surface area contributed by atoms with Crippen LogP contribution in [0.5, 0.6) is 11.5 Å². The van der Waals surface area contributed by atoms with Gasteiger partial charge in [-0.25, -0.2) is 0 Å². The molecule has 2 aliphatic rings. The van der Waals surface area contributed by atoms with Crippen LogP contribution in [0.25, 0.3) is 0 Å². The normalized spacial score (nSPS) is 20.2. The van der Waals surface area contributed by atoms with Crippen LogP contribution >= 0.6 is 11.6 Å². The quantitative estimate of drug-likeness (QED) is 0.917. The minimum Gasteiger partial charge on any atom is -0.486 e. The lowest BCUT2D eigenvalue weighted by Gasteiger charge is -2.43. The molecule has 0 aliphatic carbocycles. The number of likely N-dealkylation sites (N-methyl/N-ethyl adjacent to an activating group) is 1. The highest BCUT2D eigenvalue weighted by atomic mass is 35.5. The highest BCUT2D eigenvalue weighted by Crippen LogP contribution is 2.37. The van der Waals surface area contributed by atoms with Crippen molar-refractivity contribution in [3.05, 3.63) is 22.7 Å². The van der Waals surface area contributed by atoms with Crippen molar-refractivity contribution < 1.29 is 19.3 Å². The fraction of sp³-hybridized carbons (Fsp3) is 0.625. The van der Waals surface area contributed by atoms with Crippen molar-refractivity contribution in [2.75, 3.05) is 40.1 Å². The molecule has 0 unspecified atom stereocenters. The van der Waals surface area contributed by atoms with Crippen molar-refractivity contribution in [1.82, 2.24) is 4.90 Å². The molecule has 0 aromatic heterocycles. The lowest BCUT2D eigenvalue weighted by Crippen LogP contribution is -2.52. The molecule has 0 atom stereocenters. The molecule has 0 radical (unpaired) electrons. The second kappa shape index (κ2) is 6.62. The summed E-state index contributed by atoms with van der Waals surface area (Å²) in [5.41, 5.74) is 0.738. The summed E-state index contributed by atoms with van der Waals surface area (Å²) in [6, 6.07) is 3.76. The van der Waals surface area contributed by atoms with E-state index < -0.39 is 0 Å². The second-order valence-electron chi connectivity index (χ2n) is 5.94. The Morgan fingerprint density at radius 3 is 2.41 bits per heavy atom. The Morgan fingerprint density at radius 1 is 1.14 bits per heavy atom. The maximum Gasteiger partial charge on any atom is 0.162 e. The zero-order valence-electron chi connectivity index (χ0n) is 12.8. The monoisotopic (exact) mass is 327 g/mol. The van der Waals surface area contributed by atoms with Gasteiger partial charge in [0.1, 0.15) is 13.2 Å². The second-order valence-corrected chi connectivity index (χ2v) is 6.35. The number of ether oxygens (including phenoxy) is 3. The molecule has 0 amide bonds. The van der Waals surface area contributed by atoms with Gasteiger partial charge in [0.25, 0.3) is 0 Å². The molecule has 2 heterocycles. The molecular formula is C16H22ClNO4. The molecule has 1 saturated heterocycles. The summed E-state index contributed by atoms with van der Waals surface area (Å²) in [4.78, 5) is 2.17. The van der Waals surface area contributed by atoms with Crippen molar-refractivity contribution in [3.8, 4) is 11.5 Å². The first-order valence-electron chi connectivity index (χ1n) is 7.62. The number of benzene rings is 1. The lowest BCUT2D eigenvalue weighted by atomic mass is 9.89. The average Bonchev–Trinajstić information content (AvgIpc) is 2.56. The summed E-state index contributed by atoms with van der Waals surface area (Å²) in [7, 11) is 2.02. The molecule has 1 aromatic carbocycles. The van der Waals surface area contributed by atoms with Gasteiger partial charge in [0.15, 0.2) is 11.5 Å². The van der Waals surface area contributed by atoms with E-state index in [0.29, 0.717) is 43.7 Å². The maximum absolute atomic E-state index is 9.88. The summed E-state index contributed by atoms with van der Waals surface area (Å²) in [6.45, 7) is 3.24. The topological polar surface area (TPSA) is 51.2 Å². The van der Waals surface area contributed by atoms with Crippen molar-refractivity contribution in [2.24, 2.45) is 0 Å². The van der Waals surface area contributed by atoms with Gasteiger partial charge in [0.05, 0.1) is 6.61 Å². The Labute approximate surface area is 135 Å². The molecule has 6 heteroatoms. The molecule has 2 aliphatic heterocycles. The van der Waals surface area contributed by atoms with Gasteiger partial charge in [-0.1, -0.05) is 11.6 Å². The number of hydrogen-bond acceptors (Lipinski definition) is 5. The van der Waals surface area contributed by atoms with Crippen LogP contribution in [0.4, 0.5) is 0 Å². The third kappa shape index (κ3) is 3.04. The number of halogens is 1. The molecule has 1 aromatic rings. The number of fused-ring (bicyclic) bond motifs is 1. The predicted molar refractivity (Wildman–Crippen MR) is 83.8 cm³/mol. The van der Waals surface area contributed by atoms with Crippen LogP contribution in [0.2, 0.25) is 5.02 Å². The van der Waals surface area contributed by atoms with Gasteiger partial charge < -0.3 is 19.3 Å². The zero-order chi connectivity index (χ0) is 15.6. The van der Waals surface area contributed by atoms with Crippen molar-refractivity contribution in [2.45, 2.75) is 24.9 Å². The van der Waals surface area contributed by atoms with Crippen LogP contribution in [0.15, 0.2) is 12.1 Å². The number of nitrogens with zero attached hydrogens (tertiary/aromatic N) is 1. The number of rotatable bonds is 4. The third-order valence-corrected chi connectivity index (χ3v) is 5.00. The number of aliphatic hydroxyl groups is 1. The van der Waals surface area contributed by atoms with E-state index in [0.717, 1.165) is 24.2 Å². The third-order valence-electron chi connectivity index (χ3n) is 4.65. The number of aliphatic hydroxyl groups excluding tert-OH is 1. The highest BCUT2D eigenvalue weighted by Gasteiger charge is 2.36. The molecule has 0 spiro atoms. The Morgan fingerprint density at radius 2 is 1.77 bits per heavy atom. The van der Waals surface area contributed by atoms with Crippen LogP contribution in [0.3, 0.4) is 0 Å². The predicted octanol–water partition coefficient (Wildman–Crippen LogP) is 2.08. The van der Waals surface area contributed by atoms with E-state index in [2.05, 4.69) is 4.90 Å². The minimum atomic E-state index is -0.241. The van der Waals surface area contributed by atoms with E-state index in [9.17, 15) is 5.11 Å². The Kier molecular flexibility index (Phi) is 4.78.